The van der Waals surface area contributed by atoms with Crippen molar-refractivity contribution in [2.24, 2.45) is 0 Å². The van der Waals surface area contributed by atoms with Gasteiger partial charge in [-0.05, 0) is 50.5 Å². The SMILES string of the molecule is Cc1cc2c(-c3ccc(C(F)(F)F)cc3CC(F)(F)F)nnc(NC3CC(C)(O)C3)n2n1. The first-order valence-electron chi connectivity index (χ1n) is 9.71. The molecule has 172 valence electrons. The van der Waals surface area contributed by atoms with E-state index in [1.807, 2.05) is 0 Å². The Balaban J connectivity index is 1.80. The van der Waals surface area contributed by atoms with Gasteiger partial charge in [0.25, 0.3) is 0 Å². The monoisotopic (exact) mass is 459 g/mol. The lowest BCUT2D eigenvalue weighted by molar-refractivity contribution is -0.138. The maximum Gasteiger partial charge on any atom is 0.416 e. The van der Waals surface area contributed by atoms with Crippen molar-refractivity contribution in [3.8, 4) is 11.3 Å². The van der Waals surface area contributed by atoms with Crippen LogP contribution in [0.25, 0.3) is 16.8 Å². The average molecular weight is 459 g/mol. The van der Waals surface area contributed by atoms with Crippen LogP contribution in [-0.4, -0.2) is 42.7 Å². The van der Waals surface area contributed by atoms with E-state index < -0.39 is 35.5 Å². The van der Waals surface area contributed by atoms with E-state index in [1.165, 1.54) is 4.52 Å². The molecule has 0 unspecified atom stereocenters. The molecule has 0 radical (unpaired) electrons. The van der Waals surface area contributed by atoms with E-state index in [9.17, 15) is 31.4 Å². The first kappa shape index (κ1) is 22.3. The zero-order valence-corrected chi connectivity index (χ0v) is 17.0. The molecule has 12 heteroatoms. The van der Waals surface area contributed by atoms with Gasteiger partial charge in [0, 0.05) is 11.6 Å². The van der Waals surface area contributed by atoms with Crippen molar-refractivity contribution in [1.82, 2.24) is 19.8 Å². The molecule has 0 saturated heterocycles. The predicted octanol–water partition coefficient (Wildman–Crippen LogP) is 4.55. The topological polar surface area (TPSA) is 75.3 Å². The zero-order chi connectivity index (χ0) is 23.5. The molecule has 4 rings (SSSR count). The van der Waals surface area contributed by atoms with Crippen molar-refractivity contribution in [2.45, 2.75) is 57.1 Å². The molecule has 0 aliphatic heterocycles. The van der Waals surface area contributed by atoms with E-state index in [1.54, 1.807) is 19.9 Å². The zero-order valence-electron chi connectivity index (χ0n) is 17.0. The summed E-state index contributed by atoms with van der Waals surface area (Å²) in [5.41, 5.74) is -1.82. The van der Waals surface area contributed by atoms with Gasteiger partial charge in [-0.25, -0.2) is 0 Å². The molecule has 1 fully saturated rings. The highest BCUT2D eigenvalue weighted by molar-refractivity contribution is 5.80. The normalized spacial score (nSPS) is 21.6. The third kappa shape index (κ3) is 4.50. The van der Waals surface area contributed by atoms with E-state index in [2.05, 4.69) is 20.6 Å². The molecule has 0 amide bonds. The maximum atomic E-state index is 13.1. The van der Waals surface area contributed by atoms with Crippen molar-refractivity contribution in [1.29, 1.82) is 0 Å². The average Bonchev–Trinajstić information content (AvgIpc) is 3.00. The lowest BCUT2D eigenvalue weighted by Gasteiger charge is -2.41. The first-order chi connectivity index (χ1) is 14.7. The fourth-order valence-electron chi connectivity index (χ4n) is 3.95. The molecular weight excluding hydrogens is 440 g/mol. The number of alkyl halides is 6. The number of hydrogen-bond donors (Lipinski definition) is 2. The lowest BCUT2D eigenvalue weighted by Crippen LogP contribution is -2.48. The van der Waals surface area contributed by atoms with Gasteiger partial charge in [-0.3, -0.25) is 0 Å². The third-order valence-corrected chi connectivity index (χ3v) is 5.30. The first-order valence-corrected chi connectivity index (χ1v) is 9.71. The molecule has 1 aliphatic carbocycles. The van der Waals surface area contributed by atoms with Crippen LogP contribution in [0.5, 0.6) is 0 Å². The molecule has 2 heterocycles. The summed E-state index contributed by atoms with van der Waals surface area (Å²) < 4.78 is 80.1. The highest BCUT2D eigenvalue weighted by Gasteiger charge is 2.39. The second-order valence-electron chi connectivity index (χ2n) is 8.36. The van der Waals surface area contributed by atoms with Crippen LogP contribution in [0.4, 0.5) is 32.3 Å². The predicted molar refractivity (Wildman–Crippen MR) is 103 cm³/mol. The van der Waals surface area contributed by atoms with Gasteiger partial charge < -0.3 is 10.4 Å². The Bertz CT molecular complexity index is 1160. The van der Waals surface area contributed by atoms with Crippen molar-refractivity contribution >= 4 is 11.5 Å². The highest BCUT2D eigenvalue weighted by Crippen LogP contribution is 2.37. The summed E-state index contributed by atoms with van der Waals surface area (Å²) in [6.45, 7) is 3.36. The van der Waals surface area contributed by atoms with Crippen LogP contribution >= 0.6 is 0 Å². The summed E-state index contributed by atoms with van der Waals surface area (Å²) in [6.07, 6.45) is -10.1. The number of rotatable bonds is 4. The fourth-order valence-corrected chi connectivity index (χ4v) is 3.95. The Hall–Kier alpha value is -2.89. The number of aromatic nitrogens is 4. The summed E-state index contributed by atoms with van der Waals surface area (Å²) in [6, 6.07) is 3.67. The summed E-state index contributed by atoms with van der Waals surface area (Å²) in [5.74, 6) is 0.224. The van der Waals surface area contributed by atoms with Crippen molar-refractivity contribution in [3.05, 3.63) is 41.1 Å². The maximum absolute atomic E-state index is 13.1. The second kappa shape index (κ2) is 7.32. The number of hydrogen-bond acceptors (Lipinski definition) is 5. The van der Waals surface area contributed by atoms with Gasteiger partial charge in [-0.15, -0.1) is 10.2 Å². The number of benzene rings is 1. The molecule has 32 heavy (non-hydrogen) atoms. The summed E-state index contributed by atoms with van der Waals surface area (Å²) >= 11 is 0. The summed E-state index contributed by atoms with van der Waals surface area (Å²) in [7, 11) is 0. The minimum absolute atomic E-state index is 0.00951. The lowest BCUT2D eigenvalue weighted by atomic mass is 9.77. The minimum Gasteiger partial charge on any atom is -0.390 e. The van der Waals surface area contributed by atoms with Crippen LogP contribution in [0, 0.1) is 6.92 Å². The Labute approximate surface area is 178 Å². The Morgan fingerprint density at radius 3 is 2.41 bits per heavy atom. The standard InChI is InChI=1S/C20H19F6N5O/c1-10-5-15-16(28-29-17(31(15)30-10)27-13-8-18(2,32)9-13)14-4-3-12(20(24,25)26)6-11(14)7-19(21,22)23/h3-6,13,32H,7-9H2,1-2H3,(H,27,29). The van der Waals surface area contributed by atoms with Crippen LogP contribution in [0.2, 0.25) is 0 Å². The van der Waals surface area contributed by atoms with E-state index in [-0.39, 0.29) is 23.2 Å². The van der Waals surface area contributed by atoms with Crippen LogP contribution in [0.15, 0.2) is 24.3 Å². The second-order valence-corrected chi connectivity index (χ2v) is 8.36. The quantitative estimate of drug-likeness (QED) is 0.560. The number of aliphatic hydroxyl groups is 1. The fraction of sp³-hybridized carbons (Fsp3) is 0.450. The Kier molecular flexibility index (Phi) is 5.11. The van der Waals surface area contributed by atoms with Gasteiger partial charge in [0.2, 0.25) is 5.95 Å². The number of nitrogens with one attached hydrogen (secondary N) is 1. The minimum atomic E-state index is -4.79. The number of aryl methyl sites for hydroxylation is 1. The number of nitrogens with zero attached hydrogens (tertiary/aromatic N) is 4. The van der Waals surface area contributed by atoms with Gasteiger partial charge in [0.15, 0.2) is 0 Å². The van der Waals surface area contributed by atoms with Crippen molar-refractivity contribution in [2.75, 3.05) is 5.32 Å². The van der Waals surface area contributed by atoms with Gasteiger partial charge in [-0.1, -0.05) is 6.07 Å². The van der Waals surface area contributed by atoms with Crippen LogP contribution in [-0.2, 0) is 12.6 Å². The molecule has 2 N–H and O–H groups in total. The molecule has 3 aromatic rings. The largest absolute Gasteiger partial charge is 0.416 e. The molecule has 6 nitrogen and oxygen atoms in total. The number of fused-ring (bicyclic) bond motifs is 1. The molecule has 2 aromatic heterocycles. The molecule has 1 saturated carbocycles. The van der Waals surface area contributed by atoms with E-state index in [0.717, 1.165) is 12.1 Å². The Morgan fingerprint density at radius 2 is 1.81 bits per heavy atom. The molecule has 1 aliphatic rings. The van der Waals surface area contributed by atoms with Gasteiger partial charge >= 0.3 is 12.4 Å². The van der Waals surface area contributed by atoms with Gasteiger partial charge in [-0.2, -0.15) is 36.0 Å². The number of anilines is 1. The van der Waals surface area contributed by atoms with E-state index in [0.29, 0.717) is 30.1 Å². The van der Waals surface area contributed by atoms with E-state index in [4.69, 9.17) is 0 Å². The van der Waals surface area contributed by atoms with Crippen molar-refractivity contribution in [3.63, 3.8) is 0 Å². The smallest absolute Gasteiger partial charge is 0.390 e. The third-order valence-electron chi connectivity index (χ3n) is 5.30. The van der Waals surface area contributed by atoms with Crippen LogP contribution in [0.3, 0.4) is 0 Å². The molecule has 0 bridgehead atoms. The molecule has 0 spiro atoms. The molecule has 0 atom stereocenters. The highest BCUT2D eigenvalue weighted by atomic mass is 19.4. The molecular formula is C20H19F6N5O. The molecule has 1 aromatic carbocycles. The van der Waals surface area contributed by atoms with Gasteiger partial charge in [0.1, 0.15) is 5.69 Å². The van der Waals surface area contributed by atoms with Gasteiger partial charge in [0.05, 0.1) is 28.8 Å². The Morgan fingerprint density at radius 1 is 1.12 bits per heavy atom. The summed E-state index contributed by atoms with van der Waals surface area (Å²) in [5, 5.41) is 25.4. The number of halogens is 6. The van der Waals surface area contributed by atoms with Crippen LogP contribution in [0.1, 0.15) is 36.6 Å². The van der Waals surface area contributed by atoms with Crippen molar-refractivity contribution < 1.29 is 31.4 Å². The van der Waals surface area contributed by atoms with E-state index >= 15 is 0 Å². The summed E-state index contributed by atoms with van der Waals surface area (Å²) in [4.78, 5) is 0. The van der Waals surface area contributed by atoms with Crippen LogP contribution < -0.4 is 5.32 Å².